The molecule has 1 N–H and O–H groups in total. The molecule has 3 rings (SSSR count). The number of benzene rings is 2. The molecule has 0 aliphatic rings. The summed E-state index contributed by atoms with van der Waals surface area (Å²) in [6.45, 7) is 0. The second-order valence-electron chi connectivity index (χ2n) is 3.43. The minimum atomic E-state index is 0.742. The highest BCUT2D eigenvalue weighted by Crippen LogP contribution is 2.23. The van der Waals surface area contributed by atoms with Crippen LogP contribution in [-0.2, 0) is 0 Å². The standard InChI is InChI=1S/C12H9N3O/c1-2-5-9(6-3-1)13-10-7-4-8-11-12(10)15-16-14-11/h1-8,13H. The lowest BCUT2D eigenvalue weighted by molar-refractivity contribution is 0.315. The summed E-state index contributed by atoms with van der Waals surface area (Å²) in [5, 5.41) is 10.9. The van der Waals surface area contributed by atoms with Gasteiger partial charge in [0.15, 0.2) is 5.52 Å². The van der Waals surface area contributed by atoms with E-state index in [-0.39, 0.29) is 0 Å². The quantitative estimate of drug-likeness (QED) is 0.708. The molecule has 0 spiro atoms. The predicted octanol–water partition coefficient (Wildman–Crippen LogP) is 2.97. The van der Waals surface area contributed by atoms with Crippen molar-refractivity contribution in [3.8, 4) is 0 Å². The number of hydrogen-bond donors (Lipinski definition) is 1. The molecular weight excluding hydrogens is 202 g/mol. The van der Waals surface area contributed by atoms with Crippen LogP contribution >= 0.6 is 0 Å². The summed E-state index contributed by atoms with van der Waals surface area (Å²) in [6, 6.07) is 15.6. The molecule has 1 heterocycles. The van der Waals surface area contributed by atoms with Gasteiger partial charge in [0.25, 0.3) is 0 Å². The van der Waals surface area contributed by atoms with Gasteiger partial charge >= 0.3 is 0 Å². The predicted molar refractivity (Wildman–Crippen MR) is 61.5 cm³/mol. The van der Waals surface area contributed by atoms with Gasteiger partial charge in [-0.25, -0.2) is 4.63 Å². The summed E-state index contributed by atoms with van der Waals surface area (Å²) >= 11 is 0. The molecule has 3 aromatic rings. The van der Waals surface area contributed by atoms with Gasteiger partial charge in [-0.15, -0.1) is 0 Å². The van der Waals surface area contributed by atoms with Gasteiger partial charge in [-0.3, -0.25) is 0 Å². The third kappa shape index (κ3) is 1.50. The smallest absolute Gasteiger partial charge is 0.158 e. The van der Waals surface area contributed by atoms with Crippen molar-refractivity contribution < 1.29 is 4.63 Å². The van der Waals surface area contributed by atoms with Crippen molar-refractivity contribution in [1.29, 1.82) is 0 Å². The second-order valence-corrected chi connectivity index (χ2v) is 3.43. The molecule has 4 nitrogen and oxygen atoms in total. The fraction of sp³-hybridized carbons (Fsp3) is 0. The average Bonchev–Trinajstić information content (AvgIpc) is 2.80. The summed E-state index contributed by atoms with van der Waals surface area (Å²) in [4.78, 5) is 0. The van der Waals surface area contributed by atoms with Gasteiger partial charge < -0.3 is 5.32 Å². The van der Waals surface area contributed by atoms with Crippen molar-refractivity contribution in [2.45, 2.75) is 0 Å². The van der Waals surface area contributed by atoms with Crippen LogP contribution in [0.5, 0.6) is 0 Å². The molecular formula is C12H9N3O. The molecule has 0 fully saturated rings. The molecule has 0 radical (unpaired) electrons. The highest BCUT2D eigenvalue weighted by molar-refractivity contribution is 5.88. The van der Waals surface area contributed by atoms with Crippen LogP contribution in [0.25, 0.3) is 11.0 Å². The number of rotatable bonds is 2. The van der Waals surface area contributed by atoms with Crippen LogP contribution in [0, 0.1) is 0 Å². The Bertz CT molecular complexity index is 604. The van der Waals surface area contributed by atoms with Gasteiger partial charge in [-0.05, 0) is 34.6 Å². The summed E-state index contributed by atoms with van der Waals surface area (Å²) in [6.07, 6.45) is 0. The van der Waals surface area contributed by atoms with Crippen LogP contribution < -0.4 is 5.32 Å². The van der Waals surface area contributed by atoms with E-state index < -0.39 is 0 Å². The first-order valence-corrected chi connectivity index (χ1v) is 4.97. The zero-order chi connectivity index (χ0) is 10.8. The summed E-state index contributed by atoms with van der Waals surface area (Å²) in [5.41, 5.74) is 3.40. The molecule has 0 saturated heterocycles. The van der Waals surface area contributed by atoms with Crippen molar-refractivity contribution in [1.82, 2.24) is 10.3 Å². The lowest BCUT2D eigenvalue weighted by Gasteiger charge is -2.05. The van der Waals surface area contributed by atoms with Gasteiger partial charge in [-0.1, -0.05) is 24.3 Å². The molecule has 4 heteroatoms. The summed E-state index contributed by atoms with van der Waals surface area (Å²) < 4.78 is 4.70. The molecule has 0 amide bonds. The Morgan fingerprint density at radius 1 is 0.875 bits per heavy atom. The zero-order valence-corrected chi connectivity index (χ0v) is 8.42. The van der Waals surface area contributed by atoms with Crippen molar-refractivity contribution >= 4 is 22.4 Å². The van der Waals surface area contributed by atoms with Gasteiger partial charge in [0.2, 0.25) is 0 Å². The molecule has 0 atom stereocenters. The molecule has 0 aliphatic heterocycles. The number of para-hydroxylation sites is 1. The minimum Gasteiger partial charge on any atom is -0.354 e. The van der Waals surface area contributed by atoms with Crippen LogP contribution in [0.3, 0.4) is 0 Å². The fourth-order valence-electron chi connectivity index (χ4n) is 1.58. The Morgan fingerprint density at radius 3 is 2.62 bits per heavy atom. The molecule has 0 aliphatic carbocycles. The van der Waals surface area contributed by atoms with E-state index in [0.717, 1.165) is 22.4 Å². The molecule has 1 aromatic heterocycles. The molecule has 0 saturated carbocycles. The molecule has 0 unspecified atom stereocenters. The topological polar surface area (TPSA) is 51.0 Å². The highest BCUT2D eigenvalue weighted by atomic mass is 16.6. The Hall–Kier alpha value is -2.36. The van der Waals surface area contributed by atoms with Crippen LogP contribution in [0.4, 0.5) is 11.4 Å². The van der Waals surface area contributed by atoms with Gasteiger partial charge in [0.05, 0.1) is 5.69 Å². The van der Waals surface area contributed by atoms with Crippen molar-refractivity contribution in [3.05, 3.63) is 48.5 Å². The maximum atomic E-state index is 4.70. The minimum absolute atomic E-state index is 0.742. The number of anilines is 2. The van der Waals surface area contributed by atoms with Crippen LogP contribution in [0.2, 0.25) is 0 Å². The van der Waals surface area contributed by atoms with Crippen molar-refractivity contribution in [2.24, 2.45) is 0 Å². The van der Waals surface area contributed by atoms with Gasteiger partial charge in [0, 0.05) is 5.69 Å². The molecule has 2 aromatic carbocycles. The second kappa shape index (κ2) is 3.66. The summed E-state index contributed by atoms with van der Waals surface area (Å²) in [7, 11) is 0. The van der Waals surface area contributed by atoms with Crippen LogP contribution in [0.1, 0.15) is 0 Å². The van der Waals surface area contributed by atoms with Crippen molar-refractivity contribution in [2.75, 3.05) is 5.32 Å². The lowest BCUT2D eigenvalue weighted by atomic mass is 10.2. The Balaban J connectivity index is 2.04. The molecule has 0 bridgehead atoms. The van der Waals surface area contributed by atoms with E-state index in [2.05, 4.69) is 15.6 Å². The SMILES string of the molecule is c1ccc(Nc2cccc3nonc23)cc1. The van der Waals surface area contributed by atoms with E-state index in [1.165, 1.54) is 0 Å². The van der Waals surface area contributed by atoms with E-state index in [1.807, 2.05) is 48.5 Å². The third-order valence-corrected chi connectivity index (χ3v) is 2.34. The largest absolute Gasteiger partial charge is 0.354 e. The van der Waals surface area contributed by atoms with E-state index in [9.17, 15) is 0 Å². The Morgan fingerprint density at radius 2 is 1.75 bits per heavy atom. The van der Waals surface area contributed by atoms with Crippen LogP contribution in [0.15, 0.2) is 53.2 Å². The highest BCUT2D eigenvalue weighted by Gasteiger charge is 2.05. The fourth-order valence-corrected chi connectivity index (χ4v) is 1.58. The Labute approximate surface area is 91.9 Å². The number of nitrogens with one attached hydrogen (secondary N) is 1. The van der Waals surface area contributed by atoms with E-state index in [4.69, 9.17) is 4.63 Å². The number of aromatic nitrogens is 2. The van der Waals surface area contributed by atoms with Gasteiger partial charge in [-0.2, -0.15) is 0 Å². The molecule has 78 valence electrons. The first-order valence-electron chi connectivity index (χ1n) is 4.97. The van der Waals surface area contributed by atoms with E-state index in [0.29, 0.717) is 0 Å². The Kier molecular flexibility index (Phi) is 2.04. The monoisotopic (exact) mass is 211 g/mol. The average molecular weight is 211 g/mol. The van der Waals surface area contributed by atoms with Crippen LogP contribution in [-0.4, -0.2) is 10.3 Å². The zero-order valence-electron chi connectivity index (χ0n) is 8.42. The maximum absolute atomic E-state index is 4.70. The number of nitrogens with zero attached hydrogens (tertiary/aromatic N) is 2. The maximum Gasteiger partial charge on any atom is 0.158 e. The lowest BCUT2D eigenvalue weighted by Crippen LogP contribution is -1.90. The number of hydrogen-bond acceptors (Lipinski definition) is 4. The first kappa shape index (κ1) is 8.91. The molecule has 16 heavy (non-hydrogen) atoms. The summed E-state index contributed by atoms with van der Waals surface area (Å²) in [5.74, 6) is 0. The van der Waals surface area contributed by atoms with Crippen molar-refractivity contribution in [3.63, 3.8) is 0 Å². The third-order valence-electron chi connectivity index (χ3n) is 2.34. The van der Waals surface area contributed by atoms with E-state index in [1.54, 1.807) is 0 Å². The first-order chi connectivity index (χ1) is 7.93. The van der Waals surface area contributed by atoms with Gasteiger partial charge in [0.1, 0.15) is 5.52 Å². The normalized spacial score (nSPS) is 10.5. The number of fused-ring (bicyclic) bond motifs is 1. The van der Waals surface area contributed by atoms with E-state index >= 15 is 0 Å².